The normalized spacial score (nSPS) is 17.6. The lowest BCUT2D eigenvalue weighted by Gasteiger charge is -2.44. The first-order valence-corrected chi connectivity index (χ1v) is 10.3. The van der Waals surface area contributed by atoms with Crippen LogP contribution < -0.4 is 15.5 Å². The highest BCUT2D eigenvalue weighted by Gasteiger charge is 2.50. The molecule has 4 rings (SSSR count). The molecule has 156 valence electrons. The molecule has 0 radical (unpaired) electrons. The number of carbonyl (C=O) groups excluding carboxylic acids is 2. The van der Waals surface area contributed by atoms with E-state index in [1.54, 1.807) is 24.3 Å². The number of anilines is 2. The molecule has 2 saturated heterocycles. The lowest BCUT2D eigenvalue weighted by molar-refractivity contribution is -0.124. The molecule has 0 aromatic heterocycles. The van der Waals surface area contributed by atoms with Gasteiger partial charge in [-0.2, -0.15) is 0 Å². The fraction of sp³-hybridized carbons (Fsp3) is 0.318. The summed E-state index contributed by atoms with van der Waals surface area (Å²) in [5.74, 6) is -0.286. The predicted octanol–water partition coefficient (Wildman–Crippen LogP) is 2.60. The molecule has 2 N–H and O–H groups in total. The number of likely N-dealkylation sites (tertiary alicyclic amines) is 1. The number of esters is 1. The van der Waals surface area contributed by atoms with Crippen LogP contribution in [0.25, 0.3) is 0 Å². The Bertz CT molecular complexity index is 941. The molecule has 2 aliphatic heterocycles. The van der Waals surface area contributed by atoms with Crippen LogP contribution in [-0.4, -0.2) is 54.3 Å². The van der Waals surface area contributed by atoms with Gasteiger partial charge >= 0.3 is 5.97 Å². The average Bonchev–Trinajstić information content (AvgIpc) is 3.10. The largest absolute Gasteiger partial charge is 0.465 e. The smallest absolute Gasteiger partial charge is 0.337 e. The van der Waals surface area contributed by atoms with Crippen molar-refractivity contribution in [2.75, 3.05) is 37.1 Å². The zero-order valence-corrected chi connectivity index (χ0v) is 17.6. The molecule has 0 unspecified atom stereocenters. The molecule has 0 atom stereocenters. The van der Waals surface area contributed by atoms with Crippen LogP contribution in [0.1, 0.15) is 23.2 Å². The first-order valence-electron chi connectivity index (χ1n) is 9.89. The maximum Gasteiger partial charge on any atom is 0.337 e. The van der Waals surface area contributed by atoms with Gasteiger partial charge in [-0.15, -0.1) is 0 Å². The molecule has 0 bridgehead atoms. The minimum absolute atomic E-state index is 0.0864. The number of hydrogen-bond acceptors (Lipinski definition) is 5. The van der Waals surface area contributed by atoms with Crippen LogP contribution in [0.2, 0.25) is 0 Å². The summed E-state index contributed by atoms with van der Waals surface area (Å²) < 4.78 is 4.72. The summed E-state index contributed by atoms with van der Waals surface area (Å²) in [6.07, 6.45) is 1.38. The van der Waals surface area contributed by atoms with Crippen molar-refractivity contribution in [1.29, 1.82) is 0 Å². The lowest BCUT2D eigenvalue weighted by atomic mass is 9.86. The van der Waals surface area contributed by atoms with Crippen LogP contribution in [0.15, 0.2) is 54.6 Å². The molecule has 2 fully saturated rings. The van der Waals surface area contributed by atoms with E-state index in [4.69, 9.17) is 17.0 Å². The Morgan fingerprint density at radius 3 is 2.40 bits per heavy atom. The van der Waals surface area contributed by atoms with E-state index in [0.29, 0.717) is 43.3 Å². The second-order valence-corrected chi connectivity index (χ2v) is 7.83. The second-order valence-electron chi connectivity index (χ2n) is 7.45. The van der Waals surface area contributed by atoms with Crippen molar-refractivity contribution in [2.24, 2.45) is 0 Å². The van der Waals surface area contributed by atoms with E-state index in [2.05, 4.69) is 20.4 Å². The third-order valence-electron chi connectivity index (χ3n) is 5.84. The van der Waals surface area contributed by atoms with Gasteiger partial charge in [-0.05, 0) is 61.5 Å². The number of nitrogens with one attached hydrogen (secondary N) is 2. The third kappa shape index (κ3) is 3.70. The van der Waals surface area contributed by atoms with Gasteiger partial charge in [-0.25, -0.2) is 4.79 Å². The Labute approximate surface area is 181 Å². The maximum absolute atomic E-state index is 12.8. The first-order chi connectivity index (χ1) is 14.5. The van der Waals surface area contributed by atoms with Crippen LogP contribution >= 0.6 is 12.2 Å². The average molecular weight is 425 g/mol. The number of thiocarbonyl (C=S) groups is 1. The van der Waals surface area contributed by atoms with Crippen LogP contribution in [0.3, 0.4) is 0 Å². The molecule has 2 aromatic rings. The van der Waals surface area contributed by atoms with E-state index in [9.17, 15) is 9.59 Å². The number of amides is 1. The highest BCUT2D eigenvalue weighted by atomic mass is 32.1. The summed E-state index contributed by atoms with van der Waals surface area (Å²) in [7, 11) is 1.36. The minimum atomic E-state index is -0.532. The Morgan fingerprint density at radius 1 is 1.10 bits per heavy atom. The zero-order chi connectivity index (χ0) is 21.1. The summed E-state index contributed by atoms with van der Waals surface area (Å²) in [6.45, 7) is 1.89. The molecule has 0 aliphatic carbocycles. The quantitative estimate of drug-likeness (QED) is 0.580. The summed E-state index contributed by atoms with van der Waals surface area (Å²) in [6, 6.07) is 17.0. The standard InChI is InChI=1S/C22H24N4O3S/c1-29-19(27)16-7-9-17(10-8-16)24-21(30)25-13-11-22(12-14-25)20(28)23-15-26(22)18-5-3-2-4-6-18/h2-10H,11-15H2,1H3,(H,23,28)(H,24,30). The van der Waals surface area contributed by atoms with E-state index < -0.39 is 5.54 Å². The molecule has 1 amide bonds. The molecule has 1 spiro atoms. The van der Waals surface area contributed by atoms with Crippen LogP contribution in [0.5, 0.6) is 0 Å². The van der Waals surface area contributed by atoms with Crippen molar-refractivity contribution in [3.05, 3.63) is 60.2 Å². The molecule has 2 heterocycles. The first kappa shape index (κ1) is 20.2. The Balaban J connectivity index is 1.40. The molecule has 2 aliphatic rings. The maximum atomic E-state index is 12.8. The second kappa shape index (κ2) is 8.31. The number of piperidine rings is 1. The van der Waals surface area contributed by atoms with Gasteiger partial charge in [0.15, 0.2) is 5.11 Å². The summed E-state index contributed by atoms with van der Waals surface area (Å²) in [4.78, 5) is 28.6. The Morgan fingerprint density at radius 2 is 1.77 bits per heavy atom. The fourth-order valence-electron chi connectivity index (χ4n) is 4.12. The van der Waals surface area contributed by atoms with Crippen molar-refractivity contribution in [1.82, 2.24) is 10.2 Å². The molecular weight excluding hydrogens is 400 g/mol. The molecule has 8 heteroatoms. The van der Waals surface area contributed by atoms with E-state index in [1.165, 1.54) is 7.11 Å². The van der Waals surface area contributed by atoms with Gasteiger partial charge < -0.3 is 25.2 Å². The summed E-state index contributed by atoms with van der Waals surface area (Å²) >= 11 is 5.59. The zero-order valence-electron chi connectivity index (χ0n) is 16.8. The number of nitrogens with zero attached hydrogens (tertiary/aromatic N) is 2. The van der Waals surface area contributed by atoms with Gasteiger partial charge in [0.2, 0.25) is 5.91 Å². The topological polar surface area (TPSA) is 73.9 Å². The number of carbonyl (C=O) groups is 2. The highest BCUT2D eigenvalue weighted by molar-refractivity contribution is 7.80. The van der Waals surface area contributed by atoms with E-state index in [0.717, 1.165) is 11.4 Å². The van der Waals surface area contributed by atoms with Crippen LogP contribution in [0.4, 0.5) is 11.4 Å². The highest BCUT2D eigenvalue weighted by Crippen LogP contribution is 2.36. The minimum Gasteiger partial charge on any atom is -0.465 e. The van der Waals surface area contributed by atoms with E-state index in [1.807, 2.05) is 30.3 Å². The Hall–Kier alpha value is -3.13. The number of hydrogen-bond donors (Lipinski definition) is 2. The predicted molar refractivity (Wildman–Crippen MR) is 119 cm³/mol. The van der Waals surface area contributed by atoms with Gasteiger partial charge in [-0.3, -0.25) is 4.79 Å². The number of rotatable bonds is 3. The number of benzene rings is 2. The monoisotopic (exact) mass is 424 g/mol. The van der Waals surface area contributed by atoms with Crippen molar-refractivity contribution < 1.29 is 14.3 Å². The van der Waals surface area contributed by atoms with Gasteiger partial charge in [0.25, 0.3) is 0 Å². The van der Waals surface area contributed by atoms with Gasteiger partial charge in [0, 0.05) is 24.5 Å². The van der Waals surface area contributed by atoms with Gasteiger partial charge in [0.05, 0.1) is 19.3 Å². The third-order valence-corrected chi connectivity index (χ3v) is 6.20. The number of para-hydroxylation sites is 1. The van der Waals surface area contributed by atoms with Crippen LogP contribution in [0, 0.1) is 0 Å². The van der Waals surface area contributed by atoms with E-state index in [-0.39, 0.29) is 11.9 Å². The summed E-state index contributed by atoms with van der Waals surface area (Å²) in [5, 5.41) is 6.85. The van der Waals surface area contributed by atoms with E-state index >= 15 is 0 Å². The number of methoxy groups -OCH3 is 1. The van der Waals surface area contributed by atoms with Gasteiger partial charge in [-0.1, -0.05) is 18.2 Å². The van der Waals surface area contributed by atoms with Gasteiger partial charge in [0.1, 0.15) is 5.54 Å². The molecule has 7 nitrogen and oxygen atoms in total. The molecular formula is C22H24N4O3S. The molecule has 0 saturated carbocycles. The summed E-state index contributed by atoms with van der Waals surface area (Å²) in [5.41, 5.74) is 1.81. The molecule has 30 heavy (non-hydrogen) atoms. The van der Waals surface area contributed by atoms with Crippen LogP contribution in [-0.2, 0) is 9.53 Å². The molecule has 2 aromatic carbocycles. The fourth-order valence-corrected chi connectivity index (χ4v) is 4.42. The van der Waals surface area contributed by atoms with Crippen molar-refractivity contribution >= 4 is 40.6 Å². The van der Waals surface area contributed by atoms with Crippen molar-refractivity contribution in [3.8, 4) is 0 Å². The number of ether oxygens (including phenoxy) is 1. The van der Waals surface area contributed by atoms with Crippen molar-refractivity contribution in [2.45, 2.75) is 18.4 Å². The lowest BCUT2D eigenvalue weighted by Crippen LogP contribution is -2.57. The SMILES string of the molecule is COC(=O)c1ccc(NC(=S)N2CCC3(CC2)C(=O)NCN3c2ccccc2)cc1. The Kier molecular flexibility index (Phi) is 5.59. The van der Waals surface area contributed by atoms with Crippen molar-refractivity contribution in [3.63, 3.8) is 0 Å².